The average Bonchev–Trinajstić information content (AvgIpc) is 2.53. The highest BCUT2D eigenvalue weighted by Crippen LogP contribution is 2.21. The molecule has 1 aromatic heterocycles. The largest absolute Gasteiger partial charge is 0.350 e. The molecule has 23 heavy (non-hydrogen) atoms. The van der Waals surface area contributed by atoms with E-state index in [0.717, 1.165) is 18.7 Å². The number of hydrogen-bond donors (Lipinski definition) is 2. The molecule has 0 spiro atoms. The van der Waals surface area contributed by atoms with Crippen LogP contribution in [0, 0.1) is 6.92 Å². The van der Waals surface area contributed by atoms with Gasteiger partial charge in [0, 0.05) is 24.5 Å². The number of carbonyl (C=O) groups is 1. The molecular weight excluding hydrogens is 333 g/mol. The number of aromatic nitrogens is 1. The molecule has 0 saturated carbocycles. The van der Waals surface area contributed by atoms with Gasteiger partial charge in [-0.3, -0.25) is 9.78 Å². The molecule has 1 atom stereocenters. The molecule has 0 bridgehead atoms. The lowest BCUT2D eigenvalue weighted by Gasteiger charge is -2.27. The number of pyridine rings is 1. The van der Waals surface area contributed by atoms with E-state index in [4.69, 9.17) is 0 Å². The van der Waals surface area contributed by atoms with Gasteiger partial charge in [0.25, 0.3) is 5.91 Å². The predicted octanol–water partition coefficient (Wildman–Crippen LogP) is 2.85. The van der Waals surface area contributed by atoms with Crippen molar-refractivity contribution in [2.75, 3.05) is 13.1 Å². The smallest absolute Gasteiger partial charge is 0.253 e. The van der Waals surface area contributed by atoms with E-state index in [1.807, 2.05) is 13.0 Å². The van der Waals surface area contributed by atoms with Crippen molar-refractivity contribution >= 4 is 30.7 Å². The molecule has 1 unspecified atom stereocenters. The summed E-state index contributed by atoms with van der Waals surface area (Å²) >= 11 is 0. The molecule has 3 rings (SSSR count). The molecule has 6 heteroatoms. The van der Waals surface area contributed by atoms with Crippen LogP contribution in [0.3, 0.4) is 0 Å². The van der Waals surface area contributed by atoms with Gasteiger partial charge >= 0.3 is 0 Å². The van der Waals surface area contributed by atoms with Crippen molar-refractivity contribution in [1.82, 2.24) is 15.6 Å². The van der Waals surface area contributed by atoms with Crippen LogP contribution in [0.2, 0.25) is 0 Å². The van der Waals surface area contributed by atoms with Gasteiger partial charge in [0.1, 0.15) is 0 Å². The topological polar surface area (TPSA) is 54.0 Å². The number of nitrogens with zero attached hydrogens (tertiary/aromatic N) is 1. The van der Waals surface area contributed by atoms with Crippen LogP contribution in [0.15, 0.2) is 42.6 Å². The molecule has 0 radical (unpaired) electrons. The summed E-state index contributed by atoms with van der Waals surface area (Å²) in [6.45, 7) is 3.39. The quantitative estimate of drug-likeness (QED) is 0.891. The molecule has 2 heterocycles. The third-order valence-electron chi connectivity index (χ3n) is 3.93. The zero-order valence-corrected chi connectivity index (χ0v) is 14.5. The van der Waals surface area contributed by atoms with E-state index in [2.05, 4.69) is 33.8 Å². The average molecular weight is 354 g/mol. The Morgan fingerprint density at radius 2 is 2.04 bits per heavy atom. The number of amides is 1. The molecule has 0 aliphatic carbocycles. The minimum Gasteiger partial charge on any atom is -0.350 e. The van der Waals surface area contributed by atoms with Gasteiger partial charge in [0.05, 0.1) is 5.56 Å². The minimum absolute atomic E-state index is 0. The molecule has 124 valence electrons. The molecule has 4 nitrogen and oxygen atoms in total. The molecular formula is C17H21Cl2N3O. The molecule has 1 aliphatic heterocycles. The van der Waals surface area contributed by atoms with Crippen molar-refractivity contribution in [3.63, 3.8) is 0 Å². The molecule has 1 aliphatic rings. The first-order chi connectivity index (χ1) is 10.3. The summed E-state index contributed by atoms with van der Waals surface area (Å²) in [7, 11) is 0. The van der Waals surface area contributed by atoms with Crippen LogP contribution < -0.4 is 10.6 Å². The highest BCUT2D eigenvalue weighted by molar-refractivity contribution is 5.95. The third-order valence-corrected chi connectivity index (χ3v) is 3.93. The number of nitrogens with one attached hydrogen (secondary N) is 2. The van der Waals surface area contributed by atoms with E-state index in [0.29, 0.717) is 12.1 Å². The number of carbonyl (C=O) groups excluding carboxylic acids is 1. The lowest BCUT2D eigenvalue weighted by molar-refractivity contribution is 0.0948. The van der Waals surface area contributed by atoms with Crippen LogP contribution >= 0.6 is 24.8 Å². The summed E-state index contributed by atoms with van der Waals surface area (Å²) in [5.74, 6) is -0.0644. The zero-order chi connectivity index (χ0) is 14.7. The van der Waals surface area contributed by atoms with Crippen LogP contribution in [0.5, 0.6) is 0 Å². The normalized spacial score (nSPS) is 15.6. The number of fused-ring (bicyclic) bond motifs is 1. The third kappa shape index (κ3) is 4.44. The van der Waals surface area contributed by atoms with Crippen LogP contribution in [0.25, 0.3) is 0 Å². The molecule has 0 fully saturated rings. The van der Waals surface area contributed by atoms with E-state index in [9.17, 15) is 4.79 Å². The standard InChI is InChI=1S/C17H19N3O.2ClH/c1-12-14(7-4-9-18-12)17(21)20-11-16-15-6-3-2-5-13(15)8-10-19-16;;/h2-7,9,16,19H,8,10-11H2,1H3,(H,20,21);2*1H. The van der Waals surface area contributed by atoms with Gasteiger partial charge < -0.3 is 10.6 Å². The SMILES string of the molecule is Cc1ncccc1C(=O)NCC1NCCc2ccccc21.Cl.Cl. The molecule has 1 aromatic carbocycles. The zero-order valence-electron chi connectivity index (χ0n) is 12.9. The van der Waals surface area contributed by atoms with Gasteiger partial charge in [-0.2, -0.15) is 0 Å². The van der Waals surface area contributed by atoms with Crippen LogP contribution in [0.4, 0.5) is 0 Å². The monoisotopic (exact) mass is 353 g/mol. The van der Waals surface area contributed by atoms with Gasteiger partial charge in [-0.15, -0.1) is 24.8 Å². The van der Waals surface area contributed by atoms with E-state index < -0.39 is 0 Å². The molecule has 2 N–H and O–H groups in total. The first-order valence-electron chi connectivity index (χ1n) is 7.26. The fraction of sp³-hybridized carbons (Fsp3) is 0.294. The second-order valence-electron chi connectivity index (χ2n) is 5.30. The summed E-state index contributed by atoms with van der Waals surface area (Å²) in [5, 5.41) is 6.48. The summed E-state index contributed by atoms with van der Waals surface area (Å²) in [6, 6.07) is 12.2. The maximum atomic E-state index is 12.2. The van der Waals surface area contributed by atoms with E-state index in [1.54, 1.807) is 18.3 Å². The maximum Gasteiger partial charge on any atom is 0.253 e. The predicted molar refractivity (Wildman–Crippen MR) is 96.7 cm³/mol. The van der Waals surface area contributed by atoms with Gasteiger partial charge in [0.2, 0.25) is 0 Å². The Hall–Kier alpha value is -1.62. The van der Waals surface area contributed by atoms with Crippen molar-refractivity contribution in [2.45, 2.75) is 19.4 Å². The summed E-state index contributed by atoms with van der Waals surface area (Å²) in [4.78, 5) is 16.4. The Kier molecular flexibility index (Phi) is 7.49. The Morgan fingerprint density at radius 3 is 2.83 bits per heavy atom. The molecule has 2 aromatic rings. The van der Waals surface area contributed by atoms with Crippen LogP contribution in [-0.2, 0) is 6.42 Å². The number of hydrogen-bond acceptors (Lipinski definition) is 3. The second-order valence-corrected chi connectivity index (χ2v) is 5.30. The Balaban J connectivity index is 0.00000132. The van der Waals surface area contributed by atoms with Crippen molar-refractivity contribution in [3.05, 3.63) is 65.0 Å². The summed E-state index contributed by atoms with van der Waals surface area (Å²) in [5.41, 5.74) is 4.05. The van der Waals surface area contributed by atoms with Gasteiger partial charge in [-0.1, -0.05) is 24.3 Å². The first-order valence-corrected chi connectivity index (χ1v) is 7.26. The summed E-state index contributed by atoms with van der Waals surface area (Å²) in [6.07, 6.45) is 2.74. The van der Waals surface area contributed by atoms with Crippen molar-refractivity contribution < 1.29 is 4.79 Å². The lowest BCUT2D eigenvalue weighted by Crippen LogP contribution is -2.39. The minimum atomic E-state index is -0.0644. The van der Waals surface area contributed by atoms with Crippen molar-refractivity contribution in [3.8, 4) is 0 Å². The fourth-order valence-corrected chi connectivity index (χ4v) is 2.79. The highest BCUT2D eigenvalue weighted by Gasteiger charge is 2.20. The highest BCUT2D eigenvalue weighted by atomic mass is 35.5. The number of rotatable bonds is 3. The Morgan fingerprint density at radius 1 is 1.26 bits per heavy atom. The van der Waals surface area contributed by atoms with E-state index >= 15 is 0 Å². The van der Waals surface area contributed by atoms with Crippen molar-refractivity contribution in [1.29, 1.82) is 0 Å². The lowest BCUT2D eigenvalue weighted by atomic mass is 9.94. The Labute approximate surface area is 148 Å². The van der Waals surface area contributed by atoms with E-state index in [-0.39, 0.29) is 36.8 Å². The molecule has 1 amide bonds. The van der Waals surface area contributed by atoms with Crippen molar-refractivity contribution in [2.24, 2.45) is 0 Å². The van der Waals surface area contributed by atoms with Gasteiger partial charge in [-0.05, 0) is 43.1 Å². The number of benzene rings is 1. The number of aryl methyl sites for hydroxylation is 1. The first kappa shape index (κ1) is 19.4. The van der Waals surface area contributed by atoms with Crippen LogP contribution in [-0.4, -0.2) is 24.0 Å². The van der Waals surface area contributed by atoms with Crippen LogP contribution in [0.1, 0.15) is 33.2 Å². The number of halogens is 2. The molecule has 0 saturated heterocycles. The Bertz CT molecular complexity index is 664. The second kappa shape index (κ2) is 8.87. The van der Waals surface area contributed by atoms with Gasteiger partial charge in [-0.25, -0.2) is 0 Å². The maximum absolute atomic E-state index is 12.2. The fourth-order valence-electron chi connectivity index (χ4n) is 2.79. The van der Waals surface area contributed by atoms with E-state index in [1.165, 1.54) is 11.1 Å². The van der Waals surface area contributed by atoms with Gasteiger partial charge in [0.15, 0.2) is 0 Å². The summed E-state index contributed by atoms with van der Waals surface area (Å²) < 4.78 is 0.